The summed E-state index contributed by atoms with van der Waals surface area (Å²) in [6.45, 7) is 0. The van der Waals surface area contributed by atoms with Crippen molar-refractivity contribution in [2.75, 3.05) is 7.11 Å². The molecule has 1 unspecified atom stereocenters. The molecule has 1 aromatic carbocycles. The molecule has 0 aliphatic rings. The molecular formula is C11H9F5O3. The molecule has 0 saturated carbocycles. The van der Waals surface area contributed by atoms with Crippen LogP contribution in [-0.4, -0.2) is 30.3 Å². The number of methoxy groups -OCH3 is 1. The molecule has 0 aliphatic heterocycles. The molecule has 1 rings (SSSR count). The van der Waals surface area contributed by atoms with E-state index in [0.29, 0.717) is 7.11 Å². The van der Waals surface area contributed by atoms with Gasteiger partial charge in [0.25, 0.3) is 5.60 Å². The topological polar surface area (TPSA) is 46.5 Å². The monoisotopic (exact) mass is 284 g/mol. The molecule has 0 fully saturated rings. The Balaban J connectivity index is 3.51. The minimum atomic E-state index is -6.12. The minimum absolute atomic E-state index is 0.600. The molecule has 0 aromatic heterocycles. The highest BCUT2D eigenvalue weighted by Crippen LogP contribution is 2.48. The lowest BCUT2D eigenvalue weighted by Crippen LogP contribution is -2.59. The van der Waals surface area contributed by atoms with Gasteiger partial charge < -0.3 is 9.84 Å². The lowest BCUT2D eigenvalue weighted by atomic mass is 9.86. The molecule has 0 radical (unpaired) electrons. The molecule has 106 valence electrons. The first-order valence-corrected chi connectivity index (χ1v) is 4.90. The van der Waals surface area contributed by atoms with Crippen LogP contribution in [0.25, 0.3) is 0 Å². The van der Waals surface area contributed by atoms with Crippen LogP contribution < -0.4 is 0 Å². The van der Waals surface area contributed by atoms with Crippen LogP contribution in [0.2, 0.25) is 0 Å². The second kappa shape index (κ2) is 4.76. The number of hydrogen-bond donors (Lipinski definition) is 1. The standard InChI is InChI=1S/C11H9F5O3/c1-19-8(17)9(18,7-5-3-2-4-6-7)10(12,13)11(14,15)16/h2-6,18H,1H3. The zero-order valence-corrected chi connectivity index (χ0v) is 9.54. The molecule has 1 atom stereocenters. The summed E-state index contributed by atoms with van der Waals surface area (Å²) in [7, 11) is 0.600. The van der Waals surface area contributed by atoms with Crippen molar-refractivity contribution in [1.82, 2.24) is 0 Å². The van der Waals surface area contributed by atoms with E-state index >= 15 is 0 Å². The maximum atomic E-state index is 13.4. The molecule has 3 nitrogen and oxygen atoms in total. The number of carbonyl (C=O) groups excluding carboxylic acids is 1. The third-order valence-corrected chi connectivity index (χ3v) is 2.48. The number of rotatable bonds is 3. The number of ether oxygens (including phenoxy) is 1. The van der Waals surface area contributed by atoms with Crippen molar-refractivity contribution in [1.29, 1.82) is 0 Å². The van der Waals surface area contributed by atoms with Gasteiger partial charge in [-0.15, -0.1) is 0 Å². The van der Waals surface area contributed by atoms with Crippen molar-refractivity contribution in [3.8, 4) is 0 Å². The van der Waals surface area contributed by atoms with Gasteiger partial charge >= 0.3 is 18.1 Å². The highest BCUT2D eigenvalue weighted by atomic mass is 19.4. The Labute approximate surface area is 104 Å². The van der Waals surface area contributed by atoms with Gasteiger partial charge in [0.2, 0.25) is 0 Å². The average molecular weight is 284 g/mol. The molecular weight excluding hydrogens is 275 g/mol. The highest BCUT2D eigenvalue weighted by molar-refractivity contribution is 5.82. The van der Waals surface area contributed by atoms with E-state index in [1.54, 1.807) is 0 Å². The Hall–Kier alpha value is -1.70. The van der Waals surface area contributed by atoms with Gasteiger partial charge in [-0.3, -0.25) is 0 Å². The summed E-state index contributed by atoms with van der Waals surface area (Å²) < 4.78 is 67.9. The van der Waals surface area contributed by atoms with E-state index in [1.807, 2.05) is 0 Å². The summed E-state index contributed by atoms with van der Waals surface area (Å²) in [4.78, 5) is 11.3. The number of alkyl halides is 5. The Morgan fingerprint density at radius 2 is 1.58 bits per heavy atom. The van der Waals surface area contributed by atoms with Crippen LogP contribution in [0, 0.1) is 0 Å². The summed E-state index contributed by atoms with van der Waals surface area (Å²) in [5, 5.41) is 9.67. The normalized spacial score (nSPS) is 15.7. The Bertz CT molecular complexity index is 457. The van der Waals surface area contributed by atoms with E-state index in [-0.39, 0.29) is 0 Å². The number of hydrogen-bond acceptors (Lipinski definition) is 3. The fraction of sp³-hybridized carbons (Fsp3) is 0.364. The summed E-state index contributed by atoms with van der Waals surface area (Å²) in [5.74, 6) is -7.80. The predicted molar refractivity (Wildman–Crippen MR) is 53.4 cm³/mol. The molecule has 0 saturated heterocycles. The molecule has 19 heavy (non-hydrogen) atoms. The van der Waals surface area contributed by atoms with Crippen LogP contribution in [-0.2, 0) is 15.1 Å². The van der Waals surface area contributed by atoms with Crippen LogP contribution >= 0.6 is 0 Å². The Morgan fingerprint density at radius 3 is 1.95 bits per heavy atom. The summed E-state index contributed by atoms with van der Waals surface area (Å²) in [6.07, 6.45) is -6.12. The largest absolute Gasteiger partial charge is 0.466 e. The van der Waals surface area contributed by atoms with Gasteiger partial charge in [0.05, 0.1) is 7.11 Å². The van der Waals surface area contributed by atoms with Gasteiger partial charge in [0, 0.05) is 5.56 Å². The third-order valence-electron chi connectivity index (χ3n) is 2.48. The lowest BCUT2D eigenvalue weighted by molar-refractivity contribution is -0.341. The Morgan fingerprint density at radius 1 is 1.11 bits per heavy atom. The van der Waals surface area contributed by atoms with Gasteiger partial charge in [0.15, 0.2) is 0 Å². The molecule has 0 aliphatic carbocycles. The smallest absolute Gasteiger partial charge is 0.457 e. The quantitative estimate of drug-likeness (QED) is 0.684. The third kappa shape index (κ3) is 2.27. The molecule has 0 spiro atoms. The van der Waals surface area contributed by atoms with Crippen molar-refractivity contribution in [3.05, 3.63) is 35.9 Å². The first-order chi connectivity index (χ1) is 8.59. The van der Waals surface area contributed by atoms with E-state index in [9.17, 15) is 31.9 Å². The van der Waals surface area contributed by atoms with E-state index in [4.69, 9.17) is 0 Å². The molecule has 8 heteroatoms. The second-order valence-electron chi connectivity index (χ2n) is 3.64. The fourth-order valence-electron chi connectivity index (χ4n) is 1.46. The minimum Gasteiger partial charge on any atom is -0.466 e. The number of aliphatic hydroxyl groups is 1. The highest BCUT2D eigenvalue weighted by Gasteiger charge is 2.74. The van der Waals surface area contributed by atoms with E-state index in [0.717, 1.165) is 24.3 Å². The zero-order chi connectivity index (χ0) is 14.9. The first-order valence-electron chi connectivity index (χ1n) is 4.90. The fourth-order valence-corrected chi connectivity index (χ4v) is 1.46. The predicted octanol–water partition coefficient (Wildman–Crippen LogP) is 2.24. The summed E-state index contributed by atoms with van der Waals surface area (Å²) in [6, 6.07) is 5.09. The lowest BCUT2D eigenvalue weighted by Gasteiger charge is -2.34. The van der Waals surface area contributed by atoms with Crippen LogP contribution in [0.3, 0.4) is 0 Å². The van der Waals surface area contributed by atoms with Crippen LogP contribution in [0.15, 0.2) is 30.3 Å². The number of carbonyl (C=O) groups is 1. The molecule has 0 bridgehead atoms. The van der Waals surface area contributed by atoms with Crippen molar-refractivity contribution < 1.29 is 36.6 Å². The number of halogens is 5. The van der Waals surface area contributed by atoms with Crippen LogP contribution in [0.4, 0.5) is 22.0 Å². The average Bonchev–Trinajstić information content (AvgIpc) is 2.36. The van der Waals surface area contributed by atoms with Gasteiger partial charge in [-0.25, -0.2) is 4.79 Å². The maximum absolute atomic E-state index is 13.4. The number of esters is 1. The molecule has 1 N–H and O–H groups in total. The summed E-state index contributed by atoms with van der Waals surface area (Å²) >= 11 is 0. The van der Waals surface area contributed by atoms with Gasteiger partial charge in [0.1, 0.15) is 0 Å². The van der Waals surface area contributed by atoms with Crippen molar-refractivity contribution in [2.24, 2.45) is 0 Å². The summed E-state index contributed by atoms with van der Waals surface area (Å²) in [5.41, 5.74) is -5.05. The van der Waals surface area contributed by atoms with Crippen LogP contribution in [0.1, 0.15) is 5.56 Å². The van der Waals surface area contributed by atoms with E-state index in [2.05, 4.69) is 4.74 Å². The van der Waals surface area contributed by atoms with Gasteiger partial charge in [-0.05, 0) is 0 Å². The van der Waals surface area contributed by atoms with E-state index < -0.39 is 29.2 Å². The molecule has 0 heterocycles. The maximum Gasteiger partial charge on any atom is 0.457 e. The Kier molecular flexibility index (Phi) is 3.85. The first kappa shape index (κ1) is 15.4. The second-order valence-corrected chi connectivity index (χ2v) is 3.64. The van der Waals surface area contributed by atoms with Crippen molar-refractivity contribution >= 4 is 5.97 Å². The van der Waals surface area contributed by atoms with E-state index in [1.165, 1.54) is 6.07 Å². The SMILES string of the molecule is COC(=O)C(O)(c1ccccc1)C(F)(F)C(F)(F)F. The van der Waals surface area contributed by atoms with Crippen LogP contribution in [0.5, 0.6) is 0 Å². The molecule has 1 aromatic rings. The molecule has 0 amide bonds. The van der Waals surface area contributed by atoms with Gasteiger partial charge in [-0.1, -0.05) is 30.3 Å². The van der Waals surface area contributed by atoms with Crippen molar-refractivity contribution in [2.45, 2.75) is 17.7 Å². The van der Waals surface area contributed by atoms with Crippen molar-refractivity contribution in [3.63, 3.8) is 0 Å². The van der Waals surface area contributed by atoms with Gasteiger partial charge in [-0.2, -0.15) is 22.0 Å². The zero-order valence-electron chi connectivity index (χ0n) is 9.54. The number of benzene rings is 1.